The highest BCUT2D eigenvalue weighted by Gasteiger charge is 2.43. The lowest BCUT2D eigenvalue weighted by molar-refractivity contribution is -0.136. The number of alkyl halides is 2. The summed E-state index contributed by atoms with van der Waals surface area (Å²) in [5.74, 6) is -3.87. The topological polar surface area (TPSA) is 46.5 Å². The average Bonchev–Trinajstić information content (AvgIpc) is 2.79. The minimum Gasteiger partial charge on any atom is -0.485 e. The van der Waals surface area contributed by atoms with Crippen LogP contribution >= 0.6 is 0 Å². The van der Waals surface area contributed by atoms with Crippen molar-refractivity contribution in [1.82, 2.24) is 0 Å². The van der Waals surface area contributed by atoms with Crippen molar-refractivity contribution in [2.75, 3.05) is 0 Å². The molecule has 0 saturated carbocycles. The molecule has 0 radical (unpaired) electrons. The molecule has 1 unspecified atom stereocenters. The van der Waals surface area contributed by atoms with Gasteiger partial charge in [-0.05, 0) is 71.8 Å². The summed E-state index contributed by atoms with van der Waals surface area (Å²) in [5, 5.41) is 8.84. The van der Waals surface area contributed by atoms with Crippen LogP contribution in [0.25, 0.3) is 11.1 Å². The summed E-state index contributed by atoms with van der Waals surface area (Å²) in [6, 6.07) is 18.3. The van der Waals surface area contributed by atoms with Crippen LogP contribution in [0.5, 0.6) is 5.75 Å². The molecule has 3 nitrogen and oxygen atoms in total. The Balaban J connectivity index is 0.00000149. The van der Waals surface area contributed by atoms with Crippen LogP contribution < -0.4 is 4.74 Å². The van der Waals surface area contributed by atoms with Crippen molar-refractivity contribution in [2.45, 2.75) is 59.0 Å². The Hall–Kier alpha value is -3.21. The Bertz CT molecular complexity index is 1120. The lowest BCUT2D eigenvalue weighted by Gasteiger charge is -2.33. The lowest BCUT2D eigenvalue weighted by Crippen LogP contribution is -2.27. The third kappa shape index (κ3) is 5.41. The Morgan fingerprint density at radius 3 is 2.36 bits per heavy atom. The standard InChI is InChI=1S/C26H24F2O3.C2H6/c1-16-5-3-6-17(2)25(16)20-8-4-7-19(14-20)23-15-26(27,28)21-13-18(10-12-24(29)30)9-11-22(21)31-23;1-2/h3-9,11,13-14,23H,10,12,15H2,1-2H3,(H,29,30);1-2H3. The van der Waals surface area contributed by atoms with Gasteiger partial charge >= 0.3 is 5.97 Å². The molecular formula is C28H30F2O3. The number of rotatable bonds is 5. The number of carboxylic acids is 1. The Morgan fingerprint density at radius 1 is 1.03 bits per heavy atom. The van der Waals surface area contributed by atoms with Gasteiger partial charge in [0.2, 0.25) is 0 Å². The molecule has 5 heteroatoms. The van der Waals surface area contributed by atoms with E-state index in [1.165, 1.54) is 12.1 Å². The van der Waals surface area contributed by atoms with Crippen molar-refractivity contribution in [3.63, 3.8) is 0 Å². The van der Waals surface area contributed by atoms with Gasteiger partial charge in [-0.25, -0.2) is 8.78 Å². The number of hydrogen-bond donors (Lipinski definition) is 1. The number of ether oxygens (including phenoxy) is 1. The zero-order valence-electron chi connectivity index (χ0n) is 19.5. The first-order valence-corrected chi connectivity index (χ1v) is 11.3. The van der Waals surface area contributed by atoms with Gasteiger partial charge in [-0.15, -0.1) is 0 Å². The van der Waals surface area contributed by atoms with Crippen molar-refractivity contribution >= 4 is 5.97 Å². The molecular weight excluding hydrogens is 422 g/mol. The molecule has 3 aromatic rings. The highest BCUT2D eigenvalue weighted by atomic mass is 19.3. The summed E-state index contributed by atoms with van der Waals surface area (Å²) < 4.78 is 36.1. The number of carbonyl (C=O) groups is 1. The molecule has 174 valence electrons. The van der Waals surface area contributed by atoms with Gasteiger partial charge in [0.25, 0.3) is 5.92 Å². The summed E-state index contributed by atoms with van der Waals surface area (Å²) in [7, 11) is 0. The zero-order chi connectivity index (χ0) is 24.2. The SMILES string of the molecule is CC.Cc1cccc(C)c1-c1cccc(C2CC(F)(F)c3cc(CCC(=O)O)ccc3O2)c1. The van der Waals surface area contributed by atoms with Crippen molar-refractivity contribution < 1.29 is 23.4 Å². The molecule has 0 bridgehead atoms. The van der Waals surface area contributed by atoms with Gasteiger partial charge in [0.15, 0.2) is 0 Å². The molecule has 0 aliphatic carbocycles. The van der Waals surface area contributed by atoms with Gasteiger partial charge in [0, 0.05) is 6.42 Å². The van der Waals surface area contributed by atoms with E-state index in [2.05, 4.69) is 0 Å². The molecule has 0 saturated heterocycles. The molecule has 0 amide bonds. The van der Waals surface area contributed by atoms with E-state index in [9.17, 15) is 4.79 Å². The largest absolute Gasteiger partial charge is 0.485 e. The van der Waals surface area contributed by atoms with Crippen LogP contribution in [0.15, 0.2) is 60.7 Å². The fourth-order valence-corrected chi connectivity index (χ4v) is 4.26. The highest BCUT2D eigenvalue weighted by Crippen LogP contribution is 2.48. The van der Waals surface area contributed by atoms with Gasteiger partial charge in [-0.3, -0.25) is 4.79 Å². The summed E-state index contributed by atoms with van der Waals surface area (Å²) >= 11 is 0. The van der Waals surface area contributed by atoms with E-state index >= 15 is 8.78 Å². The molecule has 1 N–H and O–H groups in total. The van der Waals surface area contributed by atoms with Crippen molar-refractivity contribution in [3.05, 3.63) is 88.5 Å². The highest BCUT2D eigenvalue weighted by molar-refractivity contribution is 5.71. The van der Waals surface area contributed by atoms with E-state index in [4.69, 9.17) is 9.84 Å². The average molecular weight is 453 g/mol. The molecule has 0 spiro atoms. The molecule has 1 heterocycles. The first kappa shape index (κ1) is 24.4. The molecule has 4 rings (SSSR count). The number of benzene rings is 3. The maximum atomic E-state index is 15.1. The van der Waals surface area contributed by atoms with Crippen molar-refractivity contribution in [3.8, 4) is 16.9 Å². The van der Waals surface area contributed by atoms with Crippen molar-refractivity contribution in [1.29, 1.82) is 0 Å². The van der Waals surface area contributed by atoms with Crippen LogP contribution in [-0.4, -0.2) is 11.1 Å². The third-order valence-electron chi connectivity index (χ3n) is 5.80. The fraction of sp³-hybridized carbons (Fsp3) is 0.321. The molecule has 0 aromatic heterocycles. The maximum Gasteiger partial charge on any atom is 0.303 e. The monoisotopic (exact) mass is 452 g/mol. The first-order valence-electron chi connectivity index (χ1n) is 11.3. The van der Waals surface area contributed by atoms with Crippen LogP contribution in [0.3, 0.4) is 0 Å². The second-order valence-corrected chi connectivity index (χ2v) is 8.13. The summed E-state index contributed by atoms with van der Waals surface area (Å²) in [6.07, 6.45) is -1.12. The van der Waals surface area contributed by atoms with Crippen LogP contribution in [0.4, 0.5) is 8.78 Å². The predicted molar refractivity (Wildman–Crippen MR) is 127 cm³/mol. The van der Waals surface area contributed by atoms with Crippen LogP contribution in [0.1, 0.15) is 60.6 Å². The van der Waals surface area contributed by atoms with E-state index in [0.717, 1.165) is 22.3 Å². The number of carboxylic acid groups (broad SMARTS) is 1. The smallest absolute Gasteiger partial charge is 0.303 e. The first-order chi connectivity index (χ1) is 15.7. The third-order valence-corrected chi connectivity index (χ3v) is 5.80. The van der Waals surface area contributed by atoms with Gasteiger partial charge in [-0.2, -0.15) is 0 Å². The minimum absolute atomic E-state index is 0.0983. The van der Waals surface area contributed by atoms with E-state index in [0.29, 0.717) is 11.1 Å². The van der Waals surface area contributed by atoms with E-state index in [1.54, 1.807) is 6.07 Å². The molecule has 1 aliphatic heterocycles. The van der Waals surface area contributed by atoms with E-state index in [1.807, 2.05) is 70.2 Å². The molecule has 3 aromatic carbocycles. The number of halogens is 2. The Morgan fingerprint density at radius 2 is 1.70 bits per heavy atom. The van der Waals surface area contributed by atoms with E-state index < -0.39 is 24.4 Å². The lowest BCUT2D eigenvalue weighted by atomic mass is 9.90. The maximum absolute atomic E-state index is 15.1. The van der Waals surface area contributed by atoms with E-state index in [-0.39, 0.29) is 24.2 Å². The van der Waals surface area contributed by atoms with Crippen LogP contribution in [0, 0.1) is 13.8 Å². The van der Waals surface area contributed by atoms with Crippen molar-refractivity contribution in [2.24, 2.45) is 0 Å². The van der Waals surface area contributed by atoms with Gasteiger partial charge < -0.3 is 9.84 Å². The zero-order valence-corrected chi connectivity index (χ0v) is 19.5. The predicted octanol–water partition coefficient (Wildman–Crippen LogP) is 7.63. The van der Waals surface area contributed by atoms with Crippen LogP contribution in [0.2, 0.25) is 0 Å². The van der Waals surface area contributed by atoms with Gasteiger partial charge in [-0.1, -0.05) is 56.3 Å². The number of aryl methyl sites for hydroxylation is 3. The fourth-order valence-electron chi connectivity index (χ4n) is 4.26. The number of aliphatic carboxylic acids is 1. The molecule has 1 atom stereocenters. The quantitative estimate of drug-likeness (QED) is 0.433. The minimum atomic E-state index is -3.06. The summed E-state index contributed by atoms with van der Waals surface area (Å²) in [6.45, 7) is 8.08. The molecule has 0 fully saturated rings. The summed E-state index contributed by atoms with van der Waals surface area (Å²) in [4.78, 5) is 10.8. The summed E-state index contributed by atoms with van der Waals surface area (Å²) in [5.41, 5.74) is 5.46. The Kier molecular flexibility index (Phi) is 7.52. The molecule has 33 heavy (non-hydrogen) atoms. The molecule has 1 aliphatic rings. The van der Waals surface area contributed by atoms with Gasteiger partial charge in [0.1, 0.15) is 11.9 Å². The van der Waals surface area contributed by atoms with Gasteiger partial charge in [0.05, 0.1) is 12.0 Å². The second kappa shape index (κ2) is 10.2. The number of hydrogen-bond acceptors (Lipinski definition) is 2. The Labute approximate surface area is 194 Å². The normalized spacial score (nSPS) is 16.1. The number of fused-ring (bicyclic) bond motifs is 1. The second-order valence-electron chi connectivity index (χ2n) is 8.13. The van der Waals surface area contributed by atoms with Crippen LogP contribution in [-0.2, 0) is 17.1 Å².